The average molecular weight is 447 g/mol. The van der Waals surface area contributed by atoms with Crippen molar-refractivity contribution in [3.63, 3.8) is 0 Å². The summed E-state index contributed by atoms with van der Waals surface area (Å²) in [7, 11) is -5.90. The molecule has 0 saturated heterocycles. The number of hydrogen-bond acceptors (Lipinski definition) is 5. The van der Waals surface area contributed by atoms with E-state index in [0.717, 1.165) is 38.3 Å². The highest BCUT2D eigenvalue weighted by Gasteiger charge is 2.30. The molecule has 0 aliphatic carbocycles. The summed E-state index contributed by atoms with van der Waals surface area (Å²) in [4.78, 5) is 2.49. The van der Waals surface area contributed by atoms with Gasteiger partial charge in [-0.25, -0.2) is 0 Å². The first-order valence-electron chi connectivity index (χ1n) is 8.88. The van der Waals surface area contributed by atoms with Gasteiger partial charge in [0.05, 0.1) is 15.1 Å². The number of thioether (sulfide) groups is 1. The van der Waals surface area contributed by atoms with Crippen molar-refractivity contribution >= 4 is 38.5 Å². The van der Waals surface area contributed by atoms with Crippen LogP contribution in [0.5, 0.6) is 0 Å². The van der Waals surface area contributed by atoms with Gasteiger partial charge in [-0.1, -0.05) is 47.2 Å². The normalized spacial score (nSPS) is 19.8. The van der Waals surface area contributed by atoms with E-state index < -0.39 is 21.0 Å². The summed E-state index contributed by atoms with van der Waals surface area (Å²) in [6.07, 6.45) is 5.83. The van der Waals surface area contributed by atoms with Gasteiger partial charge in [0.2, 0.25) is 0 Å². The third-order valence-electron chi connectivity index (χ3n) is 4.66. The third kappa shape index (κ3) is 4.44. The lowest BCUT2D eigenvalue weighted by atomic mass is 10.00. The molecule has 0 saturated carbocycles. The Morgan fingerprint density at radius 2 is 1.66 bits per heavy atom. The van der Waals surface area contributed by atoms with E-state index >= 15 is 0 Å². The van der Waals surface area contributed by atoms with Crippen molar-refractivity contribution in [1.82, 2.24) is 0 Å². The smallest absolute Gasteiger partial charge is 0.147 e. The van der Waals surface area contributed by atoms with Crippen molar-refractivity contribution in [3.05, 3.63) is 82.3 Å². The van der Waals surface area contributed by atoms with Crippen LogP contribution >= 0.6 is 22.5 Å². The van der Waals surface area contributed by atoms with Crippen molar-refractivity contribution in [1.29, 1.82) is 0 Å². The summed E-state index contributed by atoms with van der Waals surface area (Å²) < 4.78 is 39.4. The molecule has 150 valence electrons. The van der Waals surface area contributed by atoms with Gasteiger partial charge in [-0.2, -0.15) is 14.0 Å². The molecule has 29 heavy (non-hydrogen) atoms. The Bertz CT molecular complexity index is 1120. The van der Waals surface area contributed by atoms with E-state index in [1.807, 2.05) is 62.6 Å². The van der Waals surface area contributed by atoms with Crippen molar-refractivity contribution in [2.75, 3.05) is 0 Å². The number of rotatable bonds is 3. The Morgan fingerprint density at radius 3 is 2.38 bits per heavy atom. The number of hydrogen-bond donors (Lipinski definition) is 0. The van der Waals surface area contributed by atoms with Crippen LogP contribution in [-0.4, -0.2) is 4.86 Å². The lowest BCUT2D eigenvalue weighted by Gasteiger charge is -2.22. The minimum absolute atomic E-state index is 0.657. The predicted molar refractivity (Wildman–Crippen MR) is 111 cm³/mol. The van der Waals surface area contributed by atoms with Crippen LogP contribution < -0.4 is 14.0 Å². The first-order valence-corrected chi connectivity index (χ1v) is 12.1. The van der Waals surface area contributed by atoms with Gasteiger partial charge in [-0.3, -0.25) is 0 Å². The van der Waals surface area contributed by atoms with E-state index in [4.69, 9.17) is 3.74 Å². The van der Waals surface area contributed by atoms with Crippen LogP contribution in [0.15, 0.2) is 69.8 Å². The minimum Gasteiger partial charge on any atom is -0.182 e. The highest BCUT2D eigenvalue weighted by molar-refractivity contribution is 8.12. The molecule has 7 heteroatoms. The Morgan fingerprint density at radius 1 is 0.966 bits per heavy atom. The molecule has 0 bridgehead atoms. The Hall–Kier alpha value is -1.64. The summed E-state index contributed by atoms with van der Waals surface area (Å²) in [6.45, 7) is 5.99. The van der Waals surface area contributed by atoms with Gasteiger partial charge in [0.1, 0.15) is 14.5 Å². The Kier molecular flexibility index (Phi) is 5.61. The fourth-order valence-corrected chi connectivity index (χ4v) is 6.72. The topological polar surface area (TPSA) is 78.4 Å². The fraction of sp³-hybridized carbons (Fsp3) is 0.136. The van der Waals surface area contributed by atoms with E-state index in [1.54, 1.807) is 11.8 Å². The van der Waals surface area contributed by atoms with Crippen molar-refractivity contribution < 1.29 is 28.0 Å². The van der Waals surface area contributed by atoms with Gasteiger partial charge in [0, 0.05) is 9.76 Å². The van der Waals surface area contributed by atoms with Crippen molar-refractivity contribution in [3.8, 4) is 0 Å². The zero-order valence-electron chi connectivity index (χ0n) is 16.1. The first kappa shape index (κ1) is 20.6. The quantitative estimate of drug-likeness (QED) is 0.534. The molecule has 0 spiro atoms. The molecule has 4 nitrogen and oxygen atoms in total. The van der Waals surface area contributed by atoms with Crippen molar-refractivity contribution in [2.45, 2.75) is 30.6 Å². The van der Waals surface area contributed by atoms with Gasteiger partial charge in [-0.05, 0) is 78.8 Å². The molecule has 0 aromatic heterocycles. The lowest BCUT2D eigenvalue weighted by Crippen LogP contribution is -2.60. The Balaban J connectivity index is 1.92. The summed E-state index contributed by atoms with van der Waals surface area (Å²) in [5, 5.41) is 2.00. The van der Waals surface area contributed by atoms with Crippen LogP contribution in [-0.2, 0) is 3.74 Å². The second kappa shape index (κ2) is 7.89. The second-order valence-corrected chi connectivity index (χ2v) is 10.6. The molecule has 1 atom stereocenters. The SMILES string of the molecule is CC1=CC(/C=C2\C=CSc3ccc(C)cc32)=S(O[Cl+3]([O-])([O-])[O-])c2ccc(C)cc21. The van der Waals surface area contributed by atoms with E-state index in [-0.39, 0.29) is 0 Å². The maximum Gasteiger partial charge on any atom is 0.147 e. The molecule has 0 radical (unpaired) electrons. The van der Waals surface area contributed by atoms with Gasteiger partial charge in [0.15, 0.2) is 0 Å². The third-order valence-corrected chi connectivity index (χ3v) is 8.08. The molecular weight excluding hydrogens is 428 g/mol. The summed E-state index contributed by atoms with van der Waals surface area (Å²) >= 11 is 1.64. The molecule has 2 heterocycles. The Labute approximate surface area is 179 Å². The summed E-state index contributed by atoms with van der Waals surface area (Å²) in [6, 6.07) is 12.0. The van der Waals surface area contributed by atoms with E-state index in [9.17, 15) is 14.0 Å². The van der Waals surface area contributed by atoms with Gasteiger partial charge < -0.3 is 0 Å². The van der Waals surface area contributed by atoms with Gasteiger partial charge >= 0.3 is 0 Å². The van der Waals surface area contributed by atoms with Gasteiger partial charge in [0.25, 0.3) is 0 Å². The van der Waals surface area contributed by atoms with Gasteiger partial charge in [-0.15, -0.1) is 0 Å². The molecule has 0 N–H and O–H groups in total. The van der Waals surface area contributed by atoms with Crippen molar-refractivity contribution in [2.24, 2.45) is 0 Å². The number of fused-ring (bicyclic) bond motifs is 2. The van der Waals surface area contributed by atoms with E-state index in [0.29, 0.717) is 9.76 Å². The molecule has 4 rings (SSSR count). The lowest BCUT2D eigenvalue weighted by molar-refractivity contribution is -1.91. The highest BCUT2D eigenvalue weighted by Crippen LogP contribution is 2.43. The maximum absolute atomic E-state index is 11.5. The number of benzene rings is 2. The first-order chi connectivity index (χ1) is 13.7. The monoisotopic (exact) mass is 446 g/mol. The van der Waals surface area contributed by atoms with Crippen LogP contribution in [0.3, 0.4) is 0 Å². The van der Waals surface area contributed by atoms with E-state index in [1.165, 1.54) is 0 Å². The van der Waals surface area contributed by atoms with Crippen LogP contribution in [0.2, 0.25) is 0 Å². The average Bonchev–Trinajstić information content (AvgIpc) is 2.64. The molecule has 2 aromatic rings. The number of halogens is 1. The number of aryl methyl sites for hydroxylation is 2. The van der Waals surface area contributed by atoms with Crippen LogP contribution in [0.1, 0.15) is 29.2 Å². The highest BCUT2D eigenvalue weighted by atomic mass is 35.7. The molecule has 2 aliphatic rings. The second-order valence-electron chi connectivity index (χ2n) is 6.96. The molecular formula is C22H19ClO4S2. The number of allylic oxidation sites excluding steroid dienone is 5. The molecule has 2 aromatic carbocycles. The molecule has 1 unspecified atom stereocenters. The fourth-order valence-electron chi connectivity index (χ4n) is 3.35. The van der Waals surface area contributed by atoms with E-state index in [2.05, 4.69) is 18.2 Å². The maximum atomic E-state index is 11.5. The minimum atomic E-state index is -4.57. The summed E-state index contributed by atoms with van der Waals surface area (Å²) in [5.41, 5.74) is 6.14. The molecule has 0 fully saturated rings. The summed E-state index contributed by atoms with van der Waals surface area (Å²) in [5.74, 6) is 0. The van der Waals surface area contributed by atoms with Crippen LogP contribution in [0, 0.1) is 24.1 Å². The van der Waals surface area contributed by atoms with Crippen LogP contribution in [0.4, 0.5) is 0 Å². The zero-order valence-corrected chi connectivity index (χ0v) is 18.5. The molecule has 0 amide bonds. The molecule has 2 aliphatic heterocycles. The predicted octanol–water partition coefficient (Wildman–Crippen LogP) is 3.05. The zero-order chi connectivity index (χ0) is 20.8. The largest absolute Gasteiger partial charge is 0.182 e. The standard InChI is InChI=1S/C22H19ClO4S2/c1-14-4-6-21-20(11-14)17(8-9-28-21)13-18-12-16(3)19-10-15(2)5-7-22(19)29(18)27-23(24,25)26/h4-13H,1-3H3/b17-13+. The van der Waals surface area contributed by atoms with Crippen LogP contribution in [0.25, 0.3) is 11.1 Å².